The van der Waals surface area contributed by atoms with Crippen LogP contribution in [0.15, 0.2) is 48.5 Å². The fraction of sp³-hybridized carbons (Fsp3) is 0.423. The number of thiocarbonyl (C=S) groups is 1. The maximum Gasteiger partial charge on any atom is 0.257 e. The molecule has 2 aromatic carbocycles. The second kappa shape index (κ2) is 11.8. The number of para-hydroxylation sites is 1. The molecule has 176 valence electrons. The van der Waals surface area contributed by atoms with E-state index >= 15 is 0 Å². The smallest absolute Gasteiger partial charge is 0.257 e. The Balaban J connectivity index is 1.63. The number of hydrogen-bond acceptors (Lipinski definition) is 4. The predicted molar refractivity (Wildman–Crippen MR) is 136 cm³/mol. The highest BCUT2D eigenvalue weighted by molar-refractivity contribution is 7.80. The zero-order chi connectivity index (χ0) is 23.8. The number of nitrogens with zero attached hydrogens (tertiary/aromatic N) is 1. The Bertz CT molecular complexity index is 969. The van der Waals surface area contributed by atoms with Gasteiger partial charge in [0.15, 0.2) is 5.11 Å². The molecule has 33 heavy (non-hydrogen) atoms. The molecular weight excluding hydrogens is 434 g/mol. The van der Waals surface area contributed by atoms with E-state index in [-0.39, 0.29) is 23.0 Å². The second-order valence-corrected chi connectivity index (χ2v) is 9.26. The SMILES string of the molecule is CC(C)COc1ccc(C(=O)NC(=S)N(C)c2ccccc2C(=O)NC2CCCCC2)cc1. The zero-order valence-electron chi connectivity index (χ0n) is 19.6. The van der Waals surface area contributed by atoms with Crippen LogP contribution in [0, 0.1) is 5.92 Å². The lowest BCUT2D eigenvalue weighted by molar-refractivity contribution is 0.0927. The Labute approximate surface area is 201 Å². The Morgan fingerprint density at radius 3 is 2.36 bits per heavy atom. The van der Waals surface area contributed by atoms with E-state index in [0.29, 0.717) is 29.3 Å². The summed E-state index contributed by atoms with van der Waals surface area (Å²) >= 11 is 5.48. The van der Waals surface area contributed by atoms with Gasteiger partial charge in [-0.1, -0.05) is 45.2 Å². The summed E-state index contributed by atoms with van der Waals surface area (Å²) in [4.78, 5) is 27.3. The first-order valence-corrected chi connectivity index (χ1v) is 12.0. The summed E-state index contributed by atoms with van der Waals surface area (Å²) in [5.41, 5.74) is 1.66. The van der Waals surface area contributed by atoms with Gasteiger partial charge in [-0.05, 0) is 67.4 Å². The van der Waals surface area contributed by atoms with Gasteiger partial charge in [-0.15, -0.1) is 0 Å². The van der Waals surface area contributed by atoms with Crippen molar-refractivity contribution in [3.05, 3.63) is 59.7 Å². The molecule has 0 radical (unpaired) electrons. The van der Waals surface area contributed by atoms with E-state index in [1.165, 1.54) is 6.42 Å². The number of rotatable bonds is 7. The van der Waals surface area contributed by atoms with Crippen LogP contribution < -0.4 is 20.3 Å². The predicted octanol–water partition coefficient (Wildman–Crippen LogP) is 4.94. The molecule has 1 aliphatic carbocycles. The molecule has 2 N–H and O–H groups in total. The number of amides is 2. The van der Waals surface area contributed by atoms with E-state index in [9.17, 15) is 9.59 Å². The van der Waals surface area contributed by atoms with Gasteiger partial charge in [-0.25, -0.2) is 0 Å². The third kappa shape index (κ3) is 7.02. The number of carbonyl (C=O) groups excluding carboxylic acids is 2. The maximum atomic E-state index is 13.0. The summed E-state index contributed by atoms with van der Waals surface area (Å²) in [5, 5.41) is 6.13. The fourth-order valence-electron chi connectivity index (χ4n) is 3.80. The Morgan fingerprint density at radius 1 is 1.03 bits per heavy atom. The van der Waals surface area contributed by atoms with Crippen LogP contribution in [-0.4, -0.2) is 36.6 Å². The molecule has 0 bridgehead atoms. The first-order chi connectivity index (χ1) is 15.8. The number of hydrogen-bond donors (Lipinski definition) is 2. The molecule has 0 saturated heterocycles. The molecule has 0 aromatic heterocycles. The summed E-state index contributed by atoms with van der Waals surface area (Å²) in [6, 6.07) is 14.5. The van der Waals surface area contributed by atoms with Crippen molar-refractivity contribution < 1.29 is 14.3 Å². The summed E-state index contributed by atoms with van der Waals surface area (Å²) in [6.45, 7) is 4.78. The van der Waals surface area contributed by atoms with Gasteiger partial charge in [0.2, 0.25) is 0 Å². The zero-order valence-corrected chi connectivity index (χ0v) is 20.4. The van der Waals surface area contributed by atoms with Crippen LogP contribution in [0.4, 0.5) is 5.69 Å². The first kappa shape index (κ1) is 24.7. The molecular formula is C26H33N3O3S. The van der Waals surface area contributed by atoms with Crippen molar-refractivity contribution in [2.24, 2.45) is 5.92 Å². The maximum absolute atomic E-state index is 13.0. The van der Waals surface area contributed by atoms with Gasteiger partial charge in [0.05, 0.1) is 17.9 Å². The molecule has 2 amide bonds. The van der Waals surface area contributed by atoms with Gasteiger partial charge in [0.25, 0.3) is 11.8 Å². The van der Waals surface area contributed by atoms with E-state index in [4.69, 9.17) is 17.0 Å². The van der Waals surface area contributed by atoms with Crippen LogP contribution in [0.5, 0.6) is 5.75 Å². The molecule has 0 atom stereocenters. The molecule has 0 unspecified atom stereocenters. The minimum atomic E-state index is -0.314. The van der Waals surface area contributed by atoms with Crippen LogP contribution >= 0.6 is 12.2 Å². The monoisotopic (exact) mass is 467 g/mol. The number of ether oxygens (including phenoxy) is 1. The van der Waals surface area contributed by atoms with Gasteiger partial charge in [-0.2, -0.15) is 0 Å². The van der Waals surface area contributed by atoms with E-state index in [1.54, 1.807) is 42.3 Å². The van der Waals surface area contributed by atoms with Crippen LogP contribution in [0.3, 0.4) is 0 Å². The number of nitrogens with one attached hydrogen (secondary N) is 2. The molecule has 0 aliphatic heterocycles. The highest BCUT2D eigenvalue weighted by Crippen LogP contribution is 2.22. The summed E-state index contributed by atoms with van der Waals surface area (Å²) < 4.78 is 5.67. The quantitative estimate of drug-likeness (QED) is 0.565. The molecule has 2 aromatic rings. The lowest BCUT2D eigenvalue weighted by Gasteiger charge is -2.26. The minimum absolute atomic E-state index is 0.115. The van der Waals surface area contributed by atoms with Gasteiger partial charge in [0.1, 0.15) is 5.75 Å². The molecule has 1 aliphatic rings. The van der Waals surface area contributed by atoms with E-state index < -0.39 is 0 Å². The number of benzene rings is 2. The average molecular weight is 468 g/mol. The Kier molecular flexibility index (Phi) is 8.83. The van der Waals surface area contributed by atoms with Crippen molar-refractivity contribution >= 4 is 34.8 Å². The van der Waals surface area contributed by atoms with Gasteiger partial charge < -0.3 is 15.0 Å². The Hall–Kier alpha value is -2.93. The number of anilines is 1. The van der Waals surface area contributed by atoms with Crippen LogP contribution in [0.25, 0.3) is 0 Å². The van der Waals surface area contributed by atoms with E-state index in [0.717, 1.165) is 31.4 Å². The Morgan fingerprint density at radius 2 is 1.70 bits per heavy atom. The molecule has 0 heterocycles. The van der Waals surface area contributed by atoms with Crippen molar-refractivity contribution in [2.75, 3.05) is 18.6 Å². The molecule has 3 rings (SSSR count). The van der Waals surface area contributed by atoms with Crippen molar-refractivity contribution in [3.63, 3.8) is 0 Å². The van der Waals surface area contributed by atoms with E-state index in [2.05, 4.69) is 24.5 Å². The normalized spacial score (nSPS) is 13.9. The fourth-order valence-corrected chi connectivity index (χ4v) is 3.99. The third-order valence-electron chi connectivity index (χ3n) is 5.68. The summed E-state index contributed by atoms with van der Waals surface area (Å²) in [5.74, 6) is 0.716. The molecule has 1 saturated carbocycles. The number of carbonyl (C=O) groups is 2. The highest BCUT2D eigenvalue weighted by atomic mass is 32.1. The summed E-state index contributed by atoms with van der Waals surface area (Å²) in [7, 11) is 1.75. The van der Waals surface area contributed by atoms with E-state index in [1.807, 2.05) is 18.2 Å². The van der Waals surface area contributed by atoms with Crippen molar-refractivity contribution in [2.45, 2.75) is 52.0 Å². The van der Waals surface area contributed by atoms with Crippen molar-refractivity contribution in [1.29, 1.82) is 0 Å². The topological polar surface area (TPSA) is 70.7 Å². The molecule has 0 spiro atoms. The minimum Gasteiger partial charge on any atom is -0.493 e. The second-order valence-electron chi connectivity index (χ2n) is 8.87. The largest absolute Gasteiger partial charge is 0.493 e. The standard InChI is InChI=1S/C26H33N3O3S/c1-18(2)17-32-21-15-13-19(14-16-21)24(30)28-26(33)29(3)23-12-8-7-11-22(23)25(31)27-20-9-5-4-6-10-20/h7-8,11-16,18,20H,4-6,9-10,17H2,1-3H3,(H,27,31)(H,28,30,33). The molecule has 6 nitrogen and oxygen atoms in total. The highest BCUT2D eigenvalue weighted by Gasteiger charge is 2.21. The lowest BCUT2D eigenvalue weighted by atomic mass is 9.95. The molecule has 7 heteroatoms. The van der Waals surface area contributed by atoms with Crippen LogP contribution in [0.1, 0.15) is 66.7 Å². The summed E-state index contributed by atoms with van der Waals surface area (Å²) in [6.07, 6.45) is 5.55. The van der Waals surface area contributed by atoms with Crippen LogP contribution in [-0.2, 0) is 0 Å². The van der Waals surface area contributed by atoms with Gasteiger partial charge in [-0.3, -0.25) is 14.9 Å². The average Bonchev–Trinajstić information content (AvgIpc) is 2.83. The van der Waals surface area contributed by atoms with Crippen molar-refractivity contribution in [1.82, 2.24) is 10.6 Å². The molecule has 1 fully saturated rings. The van der Waals surface area contributed by atoms with Crippen LogP contribution in [0.2, 0.25) is 0 Å². The third-order valence-corrected chi connectivity index (χ3v) is 6.05. The van der Waals surface area contributed by atoms with Crippen molar-refractivity contribution in [3.8, 4) is 5.75 Å². The lowest BCUT2D eigenvalue weighted by Crippen LogP contribution is -2.42. The van der Waals surface area contributed by atoms with Gasteiger partial charge in [0, 0.05) is 18.7 Å². The van der Waals surface area contributed by atoms with Gasteiger partial charge >= 0.3 is 0 Å². The first-order valence-electron chi connectivity index (χ1n) is 11.6.